The molecule has 2 aliphatic rings. The third kappa shape index (κ3) is 1.97. The number of para-hydroxylation sites is 1. The number of benzene rings is 1. The van der Waals surface area contributed by atoms with Crippen molar-refractivity contribution >= 4 is 0 Å². The van der Waals surface area contributed by atoms with E-state index in [1.807, 2.05) is 24.3 Å². The number of nitrogens with one attached hydrogen (secondary N) is 1. The van der Waals surface area contributed by atoms with Gasteiger partial charge in [-0.05, 0) is 6.07 Å². The van der Waals surface area contributed by atoms with Gasteiger partial charge in [-0.2, -0.15) is 4.98 Å². The van der Waals surface area contributed by atoms with Gasteiger partial charge >= 0.3 is 0 Å². The minimum atomic E-state index is -0.126. The Morgan fingerprint density at radius 1 is 1.25 bits per heavy atom. The lowest BCUT2D eigenvalue weighted by molar-refractivity contribution is 0.0208. The van der Waals surface area contributed by atoms with Crippen LogP contribution in [-0.4, -0.2) is 36.4 Å². The zero-order valence-electron chi connectivity index (χ0n) is 10.9. The summed E-state index contributed by atoms with van der Waals surface area (Å²) in [5, 5.41) is 7.31. The fraction of sp³-hybridized carbons (Fsp3) is 0.429. The molecular weight excluding hydrogens is 258 g/mol. The molecule has 20 heavy (non-hydrogen) atoms. The molecule has 0 amide bonds. The summed E-state index contributed by atoms with van der Waals surface area (Å²) in [5.41, 5.74) is 1.10. The van der Waals surface area contributed by atoms with Crippen LogP contribution in [0, 0.1) is 0 Å². The maximum absolute atomic E-state index is 5.65. The van der Waals surface area contributed by atoms with Crippen LogP contribution in [0.2, 0.25) is 0 Å². The predicted molar refractivity (Wildman–Crippen MR) is 69.6 cm³/mol. The molecule has 104 valence electrons. The van der Waals surface area contributed by atoms with Gasteiger partial charge in [0.25, 0.3) is 0 Å². The van der Waals surface area contributed by atoms with Gasteiger partial charge in [0, 0.05) is 18.7 Å². The maximum atomic E-state index is 5.65. The minimum absolute atomic E-state index is 0.0176. The molecule has 2 aromatic rings. The summed E-state index contributed by atoms with van der Waals surface area (Å²) < 4.78 is 16.7. The summed E-state index contributed by atoms with van der Waals surface area (Å²) in [6, 6.07) is 7.95. The third-order valence-electron chi connectivity index (χ3n) is 3.67. The van der Waals surface area contributed by atoms with Gasteiger partial charge in [0.05, 0.1) is 6.61 Å². The van der Waals surface area contributed by atoms with Crippen molar-refractivity contribution in [1.82, 2.24) is 15.5 Å². The van der Waals surface area contributed by atoms with Gasteiger partial charge in [-0.1, -0.05) is 23.4 Å². The molecular formula is C14H15N3O3. The molecule has 1 N–H and O–H groups in total. The standard InChI is InChI=1S/C14H15N3O3/c1-2-4-11-9(3-1)10(8-19-11)14-16-13(17-20-14)12-7-15-5-6-18-12/h1-4,10,12,15H,5-8H2. The fourth-order valence-electron chi connectivity index (χ4n) is 2.62. The van der Waals surface area contributed by atoms with Gasteiger partial charge in [-0.25, -0.2) is 0 Å². The highest BCUT2D eigenvalue weighted by Gasteiger charge is 2.31. The molecule has 1 aromatic heterocycles. The average molecular weight is 273 g/mol. The first kappa shape index (κ1) is 11.9. The Morgan fingerprint density at radius 3 is 3.10 bits per heavy atom. The van der Waals surface area contributed by atoms with E-state index >= 15 is 0 Å². The second kappa shape index (κ2) is 4.88. The molecule has 6 nitrogen and oxygen atoms in total. The Bertz CT molecular complexity index is 607. The van der Waals surface area contributed by atoms with Crippen molar-refractivity contribution < 1.29 is 14.0 Å². The topological polar surface area (TPSA) is 69.4 Å². The van der Waals surface area contributed by atoms with Crippen molar-refractivity contribution in [3.05, 3.63) is 41.5 Å². The monoisotopic (exact) mass is 273 g/mol. The lowest BCUT2D eigenvalue weighted by atomic mass is 10.0. The van der Waals surface area contributed by atoms with Crippen molar-refractivity contribution in [2.75, 3.05) is 26.3 Å². The summed E-state index contributed by atoms with van der Waals surface area (Å²) in [6.45, 7) is 2.80. The number of hydrogen-bond donors (Lipinski definition) is 1. The summed E-state index contributed by atoms with van der Waals surface area (Å²) in [4.78, 5) is 4.49. The van der Waals surface area contributed by atoms with E-state index in [2.05, 4.69) is 15.5 Å². The lowest BCUT2D eigenvalue weighted by Gasteiger charge is -2.20. The number of nitrogens with zero attached hydrogens (tertiary/aromatic N) is 2. The van der Waals surface area contributed by atoms with E-state index in [1.165, 1.54) is 0 Å². The molecule has 2 unspecified atom stereocenters. The molecule has 0 saturated carbocycles. The Hall–Kier alpha value is -1.92. The molecule has 0 aliphatic carbocycles. The first-order chi connectivity index (χ1) is 9.92. The first-order valence-corrected chi connectivity index (χ1v) is 6.79. The zero-order chi connectivity index (χ0) is 13.4. The van der Waals surface area contributed by atoms with E-state index in [1.54, 1.807) is 0 Å². The SMILES string of the molecule is c1ccc2c(c1)OCC2c1nc(C2CNCCO2)no1. The molecule has 6 heteroatoms. The van der Waals surface area contributed by atoms with E-state index in [0.717, 1.165) is 24.4 Å². The van der Waals surface area contributed by atoms with Crippen LogP contribution >= 0.6 is 0 Å². The summed E-state index contributed by atoms with van der Waals surface area (Å²) in [5.74, 6) is 2.12. The number of morpholine rings is 1. The van der Waals surface area contributed by atoms with Gasteiger partial charge in [-0.15, -0.1) is 0 Å². The van der Waals surface area contributed by atoms with Crippen molar-refractivity contribution in [2.45, 2.75) is 12.0 Å². The molecule has 2 atom stereocenters. The smallest absolute Gasteiger partial charge is 0.237 e. The lowest BCUT2D eigenvalue weighted by Crippen LogP contribution is -2.33. The van der Waals surface area contributed by atoms with Gasteiger partial charge in [0.2, 0.25) is 11.7 Å². The van der Waals surface area contributed by atoms with Gasteiger partial charge in [0.1, 0.15) is 24.4 Å². The highest BCUT2D eigenvalue weighted by Crippen LogP contribution is 2.37. The number of aromatic nitrogens is 2. The van der Waals surface area contributed by atoms with E-state index in [9.17, 15) is 0 Å². The van der Waals surface area contributed by atoms with Crippen molar-refractivity contribution in [2.24, 2.45) is 0 Å². The average Bonchev–Trinajstić information content (AvgIpc) is 3.14. The molecule has 0 spiro atoms. The van der Waals surface area contributed by atoms with Crippen LogP contribution in [0.5, 0.6) is 5.75 Å². The van der Waals surface area contributed by atoms with Gasteiger partial charge in [-0.3, -0.25) is 0 Å². The first-order valence-electron chi connectivity index (χ1n) is 6.79. The fourth-order valence-corrected chi connectivity index (χ4v) is 2.62. The Labute approximate surface area is 116 Å². The molecule has 0 radical (unpaired) electrons. The number of fused-ring (bicyclic) bond motifs is 1. The van der Waals surface area contributed by atoms with E-state index < -0.39 is 0 Å². The van der Waals surface area contributed by atoms with Crippen LogP contribution in [-0.2, 0) is 4.74 Å². The largest absolute Gasteiger partial charge is 0.492 e. The summed E-state index contributed by atoms with van der Waals surface area (Å²) in [7, 11) is 0. The zero-order valence-corrected chi connectivity index (χ0v) is 10.9. The Morgan fingerprint density at radius 2 is 2.20 bits per heavy atom. The van der Waals surface area contributed by atoms with E-state index in [4.69, 9.17) is 14.0 Å². The van der Waals surface area contributed by atoms with Gasteiger partial charge in [0.15, 0.2) is 0 Å². The van der Waals surface area contributed by atoms with Crippen LogP contribution in [0.4, 0.5) is 0 Å². The Balaban J connectivity index is 1.59. The van der Waals surface area contributed by atoms with Crippen LogP contribution < -0.4 is 10.1 Å². The van der Waals surface area contributed by atoms with Crippen molar-refractivity contribution in [1.29, 1.82) is 0 Å². The highest BCUT2D eigenvalue weighted by atomic mass is 16.5. The van der Waals surface area contributed by atoms with Crippen LogP contribution in [0.25, 0.3) is 0 Å². The van der Waals surface area contributed by atoms with Crippen LogP contribution in [0.1, 0.15) is 29.3 Å². The van der Waals surface area contributed by atoms with E-state index in [-0.39, 0.29) is 12.0 Å². The van der Waals surface area contributed by atoms with Crippen LogP contribution in [0.15, 0.2) is 28.8 Å². The second-order valence-corrected chi connectivity index (χ2v) is 4.96. The molecule has 1 aromatic carbocycles. The Kier molecular flexibility index (Phi) is 2.90. The molecule has 2 aliphatic heterocycles. The number of hydrogen-bond acceptors (Lipinski definition) is 6. The maximum Gasteiger partial charge on any atom is 0.237 e. The molecule has 0 bridgehead atoms. The molecule has 3 heterocycles. The minimum Gasteiger partial charge on any atom is -0.492 e. The van der Waals surface area contributed by atoms with Crippen LogP contribution in [0.3, 0.4) is 0 Å². The van der Waals surface area contributed by atoms with Gasteiger partial charge < -0.3 is 19.3 Å². The summed E-state index contributed by atoms with van der Waals surface area (Å²) >= 11 is 0. The summed E-state index contributed by atoms with van der Waals surface area (Å²) in [6.07, 6.45) is -0.126. The van der Waals surface area contributed by atoms with E-state index in [0.29, 0.717) is 24.9 Å². The highest BCUT2D eigenvalue weighted by molar-refractivity contribution is 5.42. The quantitative estimate of drug-likeness (QED) is 0.888. The number of rotatable bonds is 2. The molecule has 4 rings (SSSR count). The second-order valence-electron chi connectivity index (χ2n) is 4.96. The molecule has 1 fully saturated rings. The third-order valence-corrected chi connectivity index (χ3v) is 3.67. The van der Waals surface area contributed by atoms with Crippen molar-refractivity contribution in [3.8, 4) is 5.75 Å². The van der Waals surface area contributed by atoms with Crippen molar-refractivity contribution in [3.63, 3.8) is 0 Å². The normalized spacial score (nSPS) is 25.2. The number of ether oxygens (including phenoxy) is 2. The predicted octanol–water partition coefficient (Wildman–Crippen LogP) is 1.25. The molecule has 1 saturated heterocycles.